The number of carbonyl (C=O) groups excluding carboxylic acids is 1. The van der Waals surface area contributed by atoms with Crippen molar-refractivity contribution >= 4 is 5.91 Å². The molecule has 0 aliphatic rings. The summed E-state index contributed by atoms with van der Waals surface area (Å²) in [5, 5.41) is 11.0. The second kappa shape index (κ2) is 5.82. The van der Waals surface area contributed by atoms with Gasteiger partial charge in [0.15, 0.2) is 0 Å². The van der Waals surface area contributed by atoms with Crippen molar-refractivity contribution in [1.29, 1.82) is 5.26 Å². The first-order valence-electron chi connectivity index (χ1n) is 4.91. The average Bonchev–Trinajstić information content (AvgIpc) is 2.22. The molecule has 0 aliphatic carbocycles. The van der Waals surface area contributed by atoms with Gasteiger partial charge in [0.05, 0.1) is 18.9 Å². The summed E-state index contributed by atoms with van der Waals surface area (Å²) < 4.78 is 0. The summed E-state index contributed by atoms with van der Waals surface area (Å²) in [6, 6.07) is 9.84. The van der Waals surface area contributed by atoms with Crippen LogP contribution in [0, 0.1) is 18.3 Å². The van der Waals surface area contributed by atoms with Gasteiger partial charge in [0.25, 0.3) is 0 Å². The van der Waals surface area contributed by atoms with Gasteiger partial charge in [-0.15, -0.1) is 0 Å². The van der Waals surface area contributed by atoms with Crippen LogP contribution in [-0.4, -0.2) is 12.5 Å². The molecule has 1 aromatic rings. The topological polar surface area (TPSA) is 52.9 Å². The first-order chi connectivity index (χ1) is 7.22. The zero-order valence-corrected chi connectivity index (χ0v) is 8.79. The van der Waals surface area contributed by atoms with Gasteiger partial charge in [-0.2, -0.15) is 5.26 Å². The normalized spacial score (nSPS) is 9.33. The highest BCUT2D eigenvalue weighted by molar-refractivity contribution is 5.78. The van der Waals surface area contributed by atoms with Crippen LogP contribution in [0.3, 0.4) is 0 Å². The molecule has 0 heterocycles. The fourth-order valence-corrected chi connectivity index (χ4v) is 1.21. The maximum Gasteiger partial charge on any atom is 0.224 e. The lowest BCUT2D eigenvalue weighted by atomic mass is 10.1. The Bertz CT molecular complexity index is 362. The fourth-order valence-electron chi connectivity index (χ4n) is 1.21. The van der Waals surface area contributed by atoms with Crippen molar-refractivity contribution in [2.45, 2.75) is 19.8 Å². The standard InChI is InChI=1S/C12H14N2O/c1-10-3-5-11(6-4-10)9-12(15)14-8-2-7-13/h3-6H,2,8-9H2,1H3,(H,14,15). The van der Waals surface area contributed by atoms with Gasteiger partial charge in [-0.1, -0.05) is 29.8 Å². The minimum Gasteiger partial charge on any atom is -0.355 e. The van der Waals surface area contributed by atoms with Gasteiger partial charge < -0.3 is 5.32 Å². The van der Waals surface area contributed by atoms with Crippen molar-refractivity contribution in [2.75, 3.05) is 6.54 Å². The molecule has 3 heteroatoms. The third kappa shape index (κ3) is 4.28. The zero-order chi connectivity index (χ0) is 11.1. The molecule has 0 aliphatic heterocycles. The summed E-state index contributed by atoms with van der Waals surface area (Å²) in [6.45, 7) is 2.44. The number of nitrogens with one attached hydrogen (secondary N) is 1. The molecule has 1 aromatic carbocycles. The molecule has 0 spiro atoms. The maximum absolute atomic E-state index is 11.4. The lowest BCUT2D eigenvalue weighted by Gasteiger charge is -2.03. The van der Waals surface area contributed by atoms with Crippen LogP contribution in [0.1, 0.15) is 17.5 Å². The number of rotatable bonds is 4. The van der Waals surface area contributed by atoms with Crippen LogP contribution in [-0.2, 0) is 11.2 Å². The van der Waals surface area contributed by atoms with E-state index in [2.05, 4.69) is 5.32 Å². The Morgan fingerprint density at radius 1 is 1.40 bits per heavy atom. The molecule has 78 valence electrons. The van der Waals surface area contributed by atoms with Crippen LogP contribution >= 0.6 is 0 Å². The quantitative estimate of drug-likeness (QED) is 0.753. The maximum atomic E-state index is 11.4. The third-order valence-electron chi connectivity index (χ3n) is 2.04. The molecule has 0 atom stereocenters. The molecule has 0 radical (unpaired) electrons. The Hall–Kier alpha value is -1.82. The molecule has 1 amide bonds. The van der Waals surface area contributed by atoms with Crippen LogP contribution in [0.25, 0.3) is 0 Å². The number of aryl methyl sites for hydroxylation is 1. The molecule has 1 rings (SSSR count). The summed E-state index contributed by atoms with van der Waals surface area (Å²) in [4.78, 5) is 11.4. The first kappa shape index (κ1) is 11.3. The van der Waals surface area contributed by atoms with E-state index in [1.807, 2.05) is 37.3 Å². The molecule has 0 saturated carbocycles. The predicted molar refractivity (Wildman–Crippen MR) is 58.1 cm³/mol. The predicted octanol–water partition coefficient (Wildman–Crippen LogP) is 1.57. The van der Waals surface area contributed by atoms with Crippen LogP contribution < -0.4 is 5.32 Å². The van der Waals surface area contributed by atoms with Gasteiger partial charge in [-0.25, -0.2) is 0 Å². The van der Waals surface area contributed by atoms with Gasteiger partial charge in [-0.3, -0.25) is 4.79 Å². The van der Waals surface area contributed by atoms with Gasteiger partial charge in [0, 0.05) is 6.54 Å². The summed E-state index contributed by atoms with van der Waals surface area (Å²) in [5.41, 5.74) is 2.18. The summed E-state index contributed by atoms with van der Waals surface area (Å²) in [5.74, 6) is -0.0332. The average molecular weight is 202 g/mol. The minimum atomic E-state index is -0.0332. The number of nitrogens with zero attached hydrogens (tertiary/aromatic N) is 1. The molecule has 0 saturated heterocycles. The van der Waals surface area contributed by atoms with Crippen LogP contribution in [0.5, 0.6) is 0 Å². The van der Waals surface area contributed by atoms with E-state index in [0.717, 1.165) is 5.56 Å². The van der Waals surface area contributed by atoms with E-state index in [-0.39, 0.29) is 5.91 Å². The third-order valence-corrected chi connectivity index (χ3v) is 2.04. The van der Waals surface area contributed by atoms with Crippen molar-refractivity contribution < 1.29 is 4.79 Å². The lowest BCUT2D eigenvalue weighted by molar-refractivity contribution is -0.120. The highest BCUT2D eigenvalue weighted by Gasteiger charge is 2.01. The fraction of sp³-hybridized carbons (Fsp3) is 0.333. The first-order valence-corrected chi connectivity index (χ1v) is 4.91. The van der Waals surface area contributed by atoms with E-state index in [4.69, 9.17) is 5.26 Å². The van der Waals surface area contributed by atoms with Crippen molar-refractivity contribution in [2.24, 2.45) is 0 Å². The van der Waals surface area contributed by atoms with E-state index < -0.39 is 0 Å². The highest BCUT2D eigenvalue weighted by atomic mass is 16.1. The Kier molecular flexibility index (Phi) is 4.36. The lowest BCUT2D eigenvalue weighted by Crippen LogP contribution is -2.25. The molecule has 0 fully saturated rings. The van der Waals surface area contributed by atoms with E-state index in [0.29, 0.717) is 19.4 Å². The van der Waals surface area contributed by atoms with Crippen LogP contribution in [0.2, 0.25) is 0 Å². The highest BCUT2D eigenvalue weighted by Crippen LogP contribution is 2.03. The van der Waals surface area contributed by atoms with E-state index >= 15 is 0 Å². The molecule has 0 aromatic heterocycles. The molecule has 15 heavy (non-hydrogen) atoms. The minimum absolute atomic E-state index is 0.0332. The summed E-state index contributed by atoms with van der Waals surface area (Å²) >= 11 is 0. The zero-order valence-electron chi connectivity index (χ0n) is 8.79. The number of hydrogen-bond donors (Lipinski definition) is 1. The molecular formula is C12H14N2O. The van der Waals surface area contributed by atoms with Gasteiger partial charge in [0.2, 0.25) is 5.91 Å². The van der Waals surface area contributed by atoms with Crippen molar-refractivity contribution in [3.05, 3.63) is 35.4 Å². The van der Waals surface area contributed by atoms with E-state index in [1.54, 1.807) is 0 Å². The SMILES string of the molecule is Cc1ccc(CC(=O)NCCC#N)cc1. The van der Waals surface area contributed by atoms with Gasteiger partial charge >= 0.3 is 0 Å². The second-order valence-corrected chi connectivity index (χ2v) is 3.42. The summed E-state index contributed by atoms with van der Waals surface area (Å²) in [7, 11) is 0. The number of carbonyl (C=O) groups is 1. The van der Waals surface area contributed by atoms with E-state index in [9.17, 15) is 4.79 Å². The molecule has 0 unspecified atom stereocenters. The largest absolute Gasteiger partial charge is 0.355 e. The summed E-state index contributed by atoms with van der Waals surface area (Å²) in [6.07, 6.45) is 0.741. The Balaban J connectivity index is 2.38. The van der Waals surface area contributed by atoms with E-state index in [1.165, 1.54) is 5.56 Å². The number of hydrogen-bond acceptors (Lipinski definition) is 2. The van der Waals surface area contributed by atoms with Crippen molar-refractivity contribution in [3.63, 3.8) is 0 Å². The van der Waals surface area contributed by atoms with Crippen LogP contribution in [0.15, 0.2) is 24.3 Å². The number of nitriles is 1. The number of benzene rings is 1. The van der Waals surface area contributed by atoms with Crippen LogP contribution in [0.4, 0.5) is 0 Å². The van der Waals surface area contributed by atoms with Crippen molar-refractivity contribution in [3.8, 4) is 6.07 Å². The molecule has 3 nitrogen and oxygen atoms in total. The molecule has 1 N–H and O–H groups in total. The second-order valence-electron chi connectivity index (χ2n) is 3.42. The Labute approximate surface area is 89.7 Å². The van der Waals surface area contributed by atoms with Crippen molar-refractivity contribution in [1.82, 2.24) is 5.32 Å². The monoisotopic (exact) mass is 202 g/mol. The Morgan fingerprint density at radius 3 is 2.67 bits per heavy atom. The number of amides is 1. The van der Waals surface area contributed by atoms with Gasteiger partial charge in [-0.05, 0) is 12.5 Å². The smallest absolute Gasteiger partial charge is 0.224 e. The molecule has 0 bridgehead atoms. The molecular weight excluding hydrogens is 188 g/mol. The van der Waals surface area contributed by atoms with Gasteiger partial charge in [0.1, 0.15) is 0 Å². The Morgan fingerprint density at radius 2 is 2.07 bits per heavy atom.